The second-order valence-corrected chi connectivity index (χ2v) is 3.82. The molecule has 1 aliphatic rings. The number of carbonyl (C=O) groups is 1. The van der Waals surface area contributed by atoms with Crippen LogP contribution in [0.2, 0.25) is 0 Å². The molecule has 3 heteroatoms. The van der Waals surface area contributed by atoms with Crippen molar-refractivity contribution in [3.63, 3.8) is 0 Å². The van der Waals surface area contributed by atoms with Crippen molar-refractivity contribution in [2.45, 2.75) is 12.5 Å². The summed E-state index contributed by atoms with van der Waals surface area (Å²) in [7, 11) is 0. The van der Waals surface area contributed by atoms with E-state index in [9.17, 15) is 4.79 Å². The minimum atomic E-state index is -0.0984. The predicted octanol–water partition coefficient (Wildman–Crippen LogP) is 1.51. The van der Waals surface area contributed by atoms with Gasteiger partial charge in [-0.15, -0.1) is 0 Å². The highest BCUT2D eigenvalue weighted by Crippen LogP contribution is 2.29. The zero-order valence-electron chi connectivity index (χ0n) is 8.56. The first-order chi connectivity index (χ1) is 7.42. The molecule has 0 radical (unpaired) electrons. The zero-order chi connectivity index (χ0) is 10.5. The summed E-state index contributed by atoms with van der Waals surface area (Å²) in [5.74, 6) is 0.401. The van der Waals surface area contributed by atoms with Gasteiger partial charge in [-0.3, -0.25) is 4.79 Å². The Hall–Kier alpha value is -1.35. The lowest BCUT2D eigenvalue weighted by molar-refractivity contribution is -0.136. The van der Waals surface area contributed by atoms with E-state index in [4.69, 9.17) is 4.74 Å². The average Bonchev–Trinajstić information content (AvgIpc) is 2.80. The second kappa shape index (κ2) is 4.94. The molecule has 1 aromatic rings. The molecule has 1 fully saturated rings. The van der Waals surface area contributed by atoms with E-state index in [1.54, 1.807) is 0 Å². The molecule has 0 aliphatic carbocycles. The highest BCUT2D eigenvalue weighted by atomic mass is 16.5. The summed E-state index contributed by atoms with van der Waals surface area (Å²) in [4.78, 5) is 10.5. The highest BCUT2D eigenvalue weighted by Gasteiger charge is 2.27. The molecule has 15 heavy (non-hydrogen) atoms. The van der Waals surface area contributed by atoms with Crippen molar-refractivity contribution in [2.75, 3.05) is 13.1 Å². The summed E-state index contributed by atoms with van der Waals surface area (Å²) in [5, 5.41) is 3.29. The van der Waals surface area contributed by atoms with Gasteiger partial charge in [-0.25, -0.2) is 0 Å². The minimum Gasteiger partial charge on any atom is -0.459 e. The van der Waals surface area contributed by atoms with Crippen LogP contribution in [0, 0.1) is 5.92 Å². The smallest absolute Gasteiger partial charge is 0.293 e. The van der Waals surface area contributed by atoms with Gasteiger partial charge in [0, 0.05) is 12.5 Å². The van der Waals surface area contributed by atoms with Gasteiger partial charge in [0.15, 0.2) is 0 Å². The van der Waals surface area contributed by atoms with Crippen molar-refractivity contribution < 1.29 is 9.53 Å². The normalized spacial score (nSPS) is 22.3. The Bertz CT molecular complexity index is 307. The molecule has 0 saturated carbocycles. The van der Waals surface area contributed by atoms with Gasteiger partial charge in [0.1, 0.15) is 6.10 Å². The summed E-state index contributed by atoms with van der Waals surface area (Å²) in [6, 6.07) is 9.92. The maximum Gasteiger partial charge on any atom is 0.293 e. The van der Waals surface area contributed by atoms with Gasteiger partial charge >= 0.3 is 0 Å². The molecule has 2 rings (SSSR count). The lowest BCUT2D eigenvalue weighted by Crippen LogP contribution is -2.18. The molecule has 80 valence electrons. The van der Waals surface area contributed by atoms with E-state index in [1.165, 1.54) is 0 Å². The highest BCUT2D eigenvalue weighted by molar-refractivity contribution is 5.39. The molecule has 1 aromatic carbocycles. The van der Waals surface area contributed by atoms with Crippen molar-refractivity contribution in [2.24, 2.45) is 5.92 Å². The van der Waals surface area contributed by atoms with E-state index in [2.05, 4.69) is 5.32 Å². The van der Waals surface area contributed by atoms with E-state index in [0.29, 0.717) is 12.4 Å². The Balaban J connectivity index is 2.15. The molecule has 0 spiro atoms. The topological polar surface area (TPSA) is 38.3 Å². The first kappa shape index (κ1) is 10.2. The fourth-order valence-electron chi connectivity index (χ4n) is 2.10. The van der Waals surface area contributed by atoms with Crippen molar-refractivity contribution >= 4 is 6.47 Å². The van der Waals surface area contributed by atoms with Gasteiger partial charge in [-0.05, 0) is 18.5 Å². The van der Waals surface area contributed by atoms with Crippen molar-refractivity contribution in [3.8, 4) is 0 Å². The number of hydrogen-bond acceptors (Lipinski definition) is 3. The van der Waals surface area contributed by atoms with E-state index < -0.39 is 0 Å². The molecule has 0 amide bonds. The number of nitrogens with one attached hydrogen (secondary N) is 1. The van der Waals surface area contributed by atoms with Crippen LogP contribution < -0.4 is 5.32 Å². The van der Waals surface area contributed by atoms with Crippen LogP contribution in [0.15, 0.2) is 30.3 Å². The molecule has 2 atom stereocenters. The second-order valence-electron chi connectivity index (χ2n) is 3.82. The lowest BCUT2D eigenvalue weighted by atomic mass is 9.95. The average molecular weight is 205 g/mol. The van der Waals surface area contributed by atoms with Crippen LogP contribution in [0.4, 0.5) is 0 Å². The number of benzene rings is 1. The minimum absolute atomic E-state index is 0.0984. The lowest BCUT2D eigenvalue weighted by Gasteiger charge is -2.21. The molecule has 1 aliphatic heterocycles. The van der Waals surface area contributed by atoms with Gasteiger partial charge in [-0.2, -0.15) is 0 Å². The Kier molecular flexibility index (Phi) is 3.35. The Morgan fingerprint density at radius 2 is 2.20 bits per heavy atom. The standard InChI is InChI=1S/C12H15NO2/c14-9-15-12(11-6-7-13-8-11)10-4-2-1-3-5-10/h1-5,9,11-13H,6-8H2. The van der Waals surface area contributed by atoms with E-state index in [0.717, 1.165) is 25.1 Å². The molecule has 0 bridgehead atoms. The summed E-state index contributed by atoms with van der Waals surface area (Å²) in [6.07, 6.45) is 0.964. The van der Waals surface area contributed by atoms with E-state index in [1.807, 2.05) is 30.3 Å². The van der Waals surface area contributed by atoms with Gasteiger partial charge in [-0.1, -0.05) is 30.3 Å². The third-order valence-corrected chi connectivity index (χ3v) is 2.86. The fourth-order valence-corrected chi connectivity index (χ4v) is 2.10. The van der Waals surface area contributed by atoms with Gasteiger partial charge in [0.25, 0.3) is 6.47 Å². The van der Waals surface area contributed by atoms with Crippen molar-refractivity contribution in [3.05, 3.63) is 35.9 Å². The molecular weight excluding hydrogens is 190 g/mol. The van der Waals surface area contributed by atoms with Crippen LogP contribution in [-0.4, -0.2) is 19.6 Å². The first-order valence-corrected chi connectivity index (χ1v) is 5.26. The number of carbonyl (C=O) groups excluding carboxylic acids is 1. The van der Waals surface area contributed by atoms with Crippen LogP contribution in [0.3, 0.4) is 0 Å². The summed E-state index contributed by atoms with van der Waals surface area (Å²) in [5.41, 5.74) is 1.08. The summed E-state index contributed by atoms with van der Waals surface area (Å²) >= 11 is 0. The number of hydrogen-bond donors (Lipinski definition) is 1. The monoisotopic (exact) mass is 205 g/mol. The zero-order valence-corrected chi connectivity index (χ0v) is 8.56. The van der Waals surface area contributed by atoms with Gasteiger partial charge in [0.05, 0.1) is 0 Å². The quantitative estimate of drug-likeness (QED) is 0.757. The molecule has 0 aromatic heterocycles. The number of rotatable bonds is 4. The third-order valence-electron chi connectivity index (χ3n) is 2.86. The molecule has 1 saturated heterocycles. The SMILES string of the molecule is O=COC(c1ccccc1)C1CCNC1. The van der Waals surface area contributed by atoms with Crippen molar-refractivity contribution in [1.82, 2.24) is 5.32 Å². The van der Waals surface area contributed by atoms with Crippen molar-refractivity contribution in [1.29, 1.82) is 0 Å². The molecular formula is C12H15NO2. The first-order valence-electron chi connectivity index (χ1n) is 5.26. The van der Waals surface area contributed by atoms with Gasteiger partial charge in [0.2, 0.25) is 0 Å². The van der Waals surface area contributed by atoms with Crippen LogP contribution in [-0.2, 0) is 9.53 Å². The molecule has 1 heterocycles. The van der Waals surface area contributed by atoms with E-state index >= 15 is 0 Å². The maximum absolute atomic E-state index is 10.5. The molecule has 2 unspecified atom stereocenters. The molecule has 1 N–H and O–H groups in total. The predicted molar refractivity (Wildman–Crippen MR) is 57.3 cm³/mol. The summed E-state index contributed by atoms with van der Waals surface area (Å²) < 4.78 is 5.19. The largest absolute Gasteiger partial charge is 0.459 e. The summed E-state index contributed by atoms with van der Waals surface area (Å²) in [6.45, 7) is 2.49. The van der Waals surface area contributed by atoms with E-state index in [-0.39, 0.29) is 6.10 Å². The Morgan fingerprint density at radius 3 is 2.80 bits per heavy atom. The maximum atomic E-state index is 10.5. The van der Waals surface area contributed by atoms with Crippen LogP contribution >= 0.6 is 0 Å². The van der Waals surface area contributed by atoms with Crippen LogP contribution in [0.25, 0.3) is 0 Å². The molecule has 3 nitrogen and oxygen atoms in total. The van der Waals surface area contributed by atoms with Crippen LogP contribution in [0.1, 0.15) is 18.1 Å². The van der Waals surface area contributed by atoms with Crippen LogP contribution in [0.5, 0.6) is 0 Å². The fraction of sp³-hybridized carbons (Fsp3) is 0.417. The Morgan fingerprint density at radius 1 is 1.40 bits per heavy atom. The third kappa shape index (κ3) is 2.36. The Labute approximate surface area is 89.4 Å². The van der Waals surface area contributed by atoms with Gasteiger partial charge < -0.3 is 10.1 Å². The number of ether oxygens (including phenoxy) is 1.